The molecule has 3 aromatic rings. The lowest BCUT2D eigenvalue weighted by molar-refractivity contribution is 0.0936. The van der Waals surface area contributed by atoms with Gasteiger partial charge in [-0.25, -0.2) is 0 Å². The lowest BCUT2D eigenvalue weighted by atomic mass is 9.84. The Morgan fingerprint density at radius 1 is 0.938 bits per heavy atom. The largest absolute Gasteiger partial charge is 0.493 e. The van der Waals surface area contributed by atoms with E-state index in [1.54, 1.807) is 35.9 Å². The second kappa shape index (κ2) is 9.60. The zero-order valence-corrected chi connectivity index (χ0v) is 19.1. The summed E-state index contributed by atoms with van der Waals surface area (Å²) >= 11 is 0. The monoisotopic (exact) mass is 435 g/mol. The quantitative estimate of drug-likeness (QED) is 0.560. The molecule has 1 heterocycles. The summed E-state index contributed by atoms with van der Waals surface area (Å²) in [6.45, 7) is 4.61. The van der Waals surface area contributed by atoms with Crippen molar-refractivity contribution in [3.8, 4) is 11.5 Å². The van der Waals surface area contributed by atoms with Crippen LogP contribution in [0.3, 0.4) is 0 Å². The summed E-state index contributed by atoms with van der Waals surface area (Å²) in [7, 11) is 4.92. The molecule has 168 valence electrons. The number of nitrogens with zero attached hydrogens (tertiary/aromatic N) is 1. The smallest absolute Gasteiger partial charge is 0.267 e. The van der Waals surface area contributed by atoms with Crippen molar-refractivity contribution < 1.29 is 19.1 Å². The summed E-state index contributed by atoms with van der Waals surface area (Å²) < 4.78 is 12.3. The number of benzene rings is 2. The molecule has 7 heteroatoms. The second-order valence-corrected chi connectivity index (χ2v) is 8.17. The Kier molecular flexibility index (Phi) is 6.88. The van der Waals surface area contributed by atoms with Crippen LogP contribution < -0.4 is 20.1 Å². The van der Waals surface area contributed by atoms with Gasteiger partial charge in [-0.05, 0) is 48.0 Å². The molecule has 0 unspecified atom stereocenters. The van der Waals surface area contributed by atoms with Crippen LogP contribution in [0.1, 0.15) is 40.3 Å². The number of anilines is 1. The molecule has 2 N–H and O–H groups in total. The van der Waals surface area contributed by atoms with Crippen molar-refractivity contribution in [3.05, 3.63) is 77.6 Å². The SMILES string of the molecule is COc1ccc(C(=O)Nc2ccc(C(C)(C)CNC(=O)c3cccn3C)cc2)cc1OC. The van der Waals surface area contributed by atoms with Gasteiger partial charge in [-0.1, -0.05) is 26.0 Å². The average molecular weight is 436 g/mol. The highest BCUT2D eigenvalue weighted by atomic mass is 16.5. The van der Waals surface area contributed by atoms with Gasteiger partial charge < -0.3 is 24.7 Å². The van der Waals surface area contributed by atoms with Gasteiger partial charge in [0.25, 0.3) is 11.8 Å². The molecule has 0 spiro atoms. The van der Waals surface area contributed by atoms with Crippen molar-refractivity contribution in [2.75, 3.05) is 26.1 Å². The molecular weight excluding hydrogens is 406 g/mol. The van der Waals surface area contributed by atoms with E-state index in [0.717, 1.165) is 5.56 Å². The van der Waals surface area contributed by atoms with Gasteiger partial charge in [0.2, 0.25) is 0 Å². The van der Waals surface area contributed by atoms with Crippen LogP contribution in [-0.2, 0) is 12.5 Å². The molecule has 0 atom stereocenters. The number of aryl methyl sites for hydroxylation is 1. The van der Waals surface area contributed by atoms with Crippen LogP contribution in [0.5, 0.6) is 11.5 Å². The molecule has 2 aromatic carbocycles. The first-order chi connectivity index (χ1) is 15.2. The standard InChI is InChI=1S/C25H29N3O4/c1-25(2,16-26-24(30)20-7-6-14-28(20)3)18-9-11-19(12-10-18)27-23(29)17-8-13-21(31-4)22(15-17)32-5/h6-15H,16H2,1-5H3,(H,26,30)(H,27,29). The number of aromatic nitrogens is 1. The Hall–Kier alpha value is -3.74. The first-order valence-corrected chi connectivity index (χ1v) is 10.3. The lowest BCUT2D eigenvalue weighted by Crippen LogP contribution is -2.37. The first kappa shape index (κ1) is 22.9. The minimum Gasteiger partial charge on any atom is -0.493 e. The fourth-order valence-corrected chi connectivity index (χ4v) is 3.38. The molecule has 0 saturated carbocycles. The predicted molar refractivity (Wildman–Crippen MR) is 125 cm³/mol. The number of ether oxygens (including phenoxy) is 2. The van der Waals surface area contributed by atoms with Crippen LogP contribution in [0, 0.1) is 0 Å². The molecule has 32 heavy (non-hydrogen) atoms. The number of carbonyl (C=O) groups is 2. The van der Waals surface area contributed by atoms with E-state index >= 15 is 0 Å². The maximum atomic E-state index is 12.6. The number of amides is 2. The predicted octanol–water partition coefficient (Wildman–Crippen LogP) is 4.00. The highest BCUT2D eigenvalue weighted by Gasteiger charge is 2.22. The zero-order valence-electron chi connectivity index (χ0n) is 19.1. The molecule has 7 nitrogen and oxygen atoms in total. The molecule has 0 radical (unpaired) electrons. The zero-order chi connectivity index (χ0) is 23.3. The number of methoxy groups -OCH3 is 2. The summed E-state index contributed by atoms with van der Waals surface area (Å²) in [4.78, 5) is 25.0. The van der Waals surface area contributed by atoms with E-state index in [2.05, 4.69) is 24.5 Å². The van der Waals surface area contributed by atoms with E-state index in [-0.39, 0.29) is 17.2 Å². The van der Waals surface area contributed by atoms with E-state index < -0.39 is 0 Å². The maximum absolute atomic E-state index is 12.6. The normalized spacial score (nSPS) is 11.0. The molecule has 3 rings (SSSR count). The molecule has 0 aliphatic rings. The first-order valence-electron chi connectivity index (χ1n) is 10.3. The van der Waals surface area contributed by atoms with Gasteiger partial charge in [-0.3, -0.25) is 9.59 Å². The van der Waals surface area contributed by atoms with Crippen LogP contribution >= 0.6 is 0 Å². The van der Waals surface area contributed by atoms with Gasteiger partial charge >= 0.3 is 0 Å². The van der Waals surface area contributed by atoms with Crippen molar-refractivity contribution in [1.82, 2.24) is 9.88 Å². The third-order valence-corrected chi connectivity index (χ3v) is 5.44. The van der Waals surface area contributed by atoms with Crippen molar-refractivity contribution in [1.29, 1.82) is 0 Å². The van der Waals surface area contributed by atoms with Crippen LogP contribution in [0.2, 0.25) is 0 Å². The van der Waals surface area contributed by atoms with E-state index in [1.165, 1.54) is 7.11 Å². The van der Waals surface area contributed by atoms with E-state index in [4.69, 9.17) is 9.47 Å². The Labute approximate surface area is 188 Å². The summed E-state index contributed by atoms with van der Waals surface area (Å²) in [6, 6.07) is 16.3. The van der Waals surface area contributed by atoms with Gasteiger partial charge in [-0.15, -0.1) is 0 Å². The van der Waals surface area contributed by atoms with Crippen molar-refractivity contribution >= 4 is 17.5 Å². The van der Waals surface area contributed by atoms with Crippen molar-refractivity contribution in [2.24, 2.45) is 7.05 Å². The molecule has 0 saturated heterocycles. The average Bonchev–Trinajstić information content (AvgIpc) is 3.23. The minimum atomic E-state index is -0.285. The third-order valence-electron chi connectivity index (χ3n) is 5.44. The van der Waals surface area contributed by atoms with E-state index in [0.29, 0.717) is 35.0 Å². The highest BCUT2D eigenvalue weighted by molar-refractivity contribution is 6.04. The topological polar surface area (TPSA) is 81.6 Å². The molecule has 0 fully saturated rings. The fourth-order valence-electron chi connectivity index (χ4n) is 3.38. The molecule has 0 aliphatic carbocycles. The summed E-state index contributed by atoms with van der Waals surface area (Å²) in [5, 5.41) is 5.89. The minimum absolute atomic E-state index is 0.107. The van der Waals surface area contributed by atoms with Crippen molar-refractivity contribution in [2.45, 2.75) is 19.3 Å². The molecular formula is C25H29N3O4. The third kappa shape index (κ3) is 5.11. The van der Waals surface area contributed by atoms with E-state index in [9.17, 15) is 9.59 Å². The van der Waals surface area contributed by atoms with Gasteiger partial charge in [-0.2, -0.15) is 0 Å². The Balaban J connectivity index is 1.64. The Morgan fingerprint density at radius 2 is 1.62 bits per heavy atom. The number of carbonyl (C=O) groups excluding carboxylic acids is 2. The second-order valence-electron chi connectivity index (χ2n) is 8.17. The van der Waals surface area contributed by atoms with E-state index in [1.807, 2.05) is 43.6 Å². The number of hydrogen-bond acceptors (Lipinski definition) is 4. The van der Waals surface area contributed by atoms with Crippen LogP contribution in [0.25, 0.3) is 0 Å². The summed E-state index contributed by atoms with van der Waals surface area (Å²) in [5.74, 6) is 0.710. The van der Waals surface area contributed by atoms with Crippen molar-refractivity contribution in [3.63, 3.8) is 0 Å². The van der Waals surface area contributed by atoms with Crippen LogP contribution in [0.4, 0.5) is 5.69 Å². The number of rotatable bonds is 8. The highest BCUT2D eigenvalue weighted by Crippen LogP contribution is 2.28. The van der Waals surface area contributed by atoms with Gasteiger partial charge in [0, 0.05) is 36.5 Å². The van der Waals surface area contributed by atoms with Gasteiger partial charge in [0.15, 0.2) is 11.5 Å². The van der Waals surface area contributed by atoms with Crippen LogP contribution in [0.15, 0.2) is 60.8 Å². The van der Waals surface area contributed by atoms with Crippen LogP contribution in [-0.4, -0.2) is 37.1 Å². The summed E-state index contributed by atoms with van der Waals surface area (Å²) in [5.41, 5.74) is 2.53. The lowest BCUT2D eigenvalue weighted by Gasteiger charge is -2.26. The molecule has 0 aliphatic heterocycles. The van der Waals surface area contributed by atoms with Gasteiger partial charge in [0.1, 0.15) is 5.69 Å². The number of hydrogen-bond donors (Lipinski definition) is 2. The molecule has 0 bridgehead atoms. The fraction of sp³-hybridized carbons (Fsp3) is 0.280. The molecule has 2 amide bonds. The number of nitrogens with one attached hydrogen (secondary N) is 2. The Morgan fingerprint density at radius 3 is 2.22 bits per heavy atom. The van der Waals surface area contributed by atoms with Gasteiger partial charge in [0.05, 0.1) is 14.2 Å². The summed E-state index contributed by atoms with van der Waals surface area (Å²) in [6.07, 6.45) is 1.84. The maximum Gasteiger partial charge on any atom is 0.267 e. The Bertz CT molecular complexity index is 1100. The molecule has 1 aromatic heterocycles.